The first-order valence-corrected chi connectivity index (χ1v) is 9.58. The van der Waals surface area contributed by atoms with Crippen molar-refractivity contribution in [3.63, 3.8) is 0 Å². The zero-order valence-electron chi connectivity index (χ0n) is 15.4. The molecule has 2 aromatic rings. The van der Waals surface area contributed by atoms with E-state index in [9.17, 15) is 4.79 Å². The molecule has 1 saturated heterocycles. The molecule has 5 nitrogen and oxygen atoms in total. The van der Waals surface area contributed by atoms with Gasteiger partial charge >= 0.3 is 0 Å². The Morgan fingerprint density at radius 2 is 1.85 bits per heavy atom. The number of likely N-dealkylation sites (N-methyl/N-ethyl adjacent to an activating group) is 1. The van der Waals surface area contributed by atoms with E-state index in [1.54, 1.807) is 6.33 Å². The minimum absolute atomic E-state index is 0.0226. The van der Waals surface area contributed by atoms with Gasteiger partial charge in [-0.3, -0.25) is 4.79 Å². The second-order valence-corrected chi connectivity index (χ2v) is 7.46. The lowest BCUT2D eigenvalue weighted by atomic mass is 9.90. The molecule has 2 aliphatic rings. The number of carbonyl (C=O) groups is 1. The Labute approximate surface area is 155 Å². The van der Waals surface area contributed by atoms with Crippen LogP contribution >= 0.6 is 0 Å². The van der Waals surface area contributed by atoms with Crippen LogP contribution in [-0.4, -0.2) is 58.9 Å². The summed E-state index contributed by atoms with van der Waals surface area (Å²) >= 11 is 0. The Morgan fingerprint density at radius 3 is 2.62 bits per heavy atom. The third-order valence-corrected chi connectivity index (χ3v) is 5.56. The van der Waals surface area contributed by atoms with Gasteiger partial charge in [0, 0.05) is 49.4 Å². The number of hydrogen-bond donors (Lipinski definition) is 0. The maximum Gasteiger partial charge on any atom is 0.227 e. The van der Waals surface area contributed by atoms with E-state index in [0.717, 1.165) is 74.4 Å². The molecule has 5 heteroatoms. The highest BCUT2D eigenvalue weighted by Gasteiger charge is 2.31. The molecule has 0 N–H and O–H groups in total. The highest BCUT2D eigenvalue weighted by Crippen LogP contribution is 2.28. The highest BCUT2D eigenvalue weighted by atomic mass is 16.2. The van der Waals surface area contributed by atoms with Gasteiger partial charge in [-0.25, -0.2) is 9.97 Å². The van der Waals surface area contributed by atoms with E-state index in [4.69, 9.17) is 0 Å². The summed E-state index contributed by atoms with van der Waals surface area (Å²) in [5.41, 5.74) is 4.33. The maximum absolute atomic E-state index is 13.1. The summed E-state index contributed by atoms with van der Waals surface area (Å²) in [5, 5.41) is 0. The summed E-state index contributed by atoms with van der Waals surface area (Å²) in [6.45, 7) is 3.53. The number of likely N-dealkylation sites (tertiary alicyclic amines) is 1. The van der Waals surface area contributed by atoms with Crippen molar-refractivity contribution >= 4 is 5.91 Å². The molecule has 0 spiro atoms. The molecule has 0 bridgehead atoms. The number of rotatable bonds is 2. The molecule has 4 rings (SSSR count). The average Bonchev–Trinajstić information content (AvgIpc) is 3.19. The standard InChI is InChI=1S/C21H26N4O/c1-24-12-9-19-18(13-17(14-24)21(26)25-10-5-6-11-25)20(23-15-22-19)16-7-3-2-4-8-16/h2-4,7-8,15,17H,5-6,9-14H2,1H3/t17-/m0/s1. The van der Waals surface area contributed by atoms with Gasteiger partial charge in [0.15, 0.2) is 0 Å². The topological polar surface area (TPSA) is 49.3 Å². The summed E-state index contributed by atoms with van der Waals surface area (Å²) in [6, 6.07) is 10.3. The van der Waals surface area contributed by atoms with Gasteiger partial charge < -0.3 is 9.80 Å². The zero-order valence-corrected chi connectivity index (χ0v) is 15.4. The van der Waals surface area contributed by atoms with Gasteiger partial charge in [0.1, 0.15) is 6.33 Å². The number of hydrogen-bond acceptors (Lipinski definition) is 4. The molecule has 136 valence electrons. The first kappa shape index (κ1) is 17.2. The molecule has 1 atom stereocenters. The summed E-state index contributed by atoms with van der Waals surface area (Å²) in [5.74, 6) is 0.274. The predicted octanol–water partition coefficient (Wildman–Crippen LogP) is 2.41. The van der Waals surface area contributed by atoms with Crippen molar-refractivity contribution in [3.05, 3.63) is 47.9 Å². The fourth-order valence-electron chi connectivity index (χ4n) is 4.16. The highest BCUT2D eigenvalue weighted by molar-refractivity contribution is 5.80. The number of carbonyl (C=O) groups excluding carboxylic acids is 1. The Hall–Kier alpha value is -2.27. The van der Waals surface area contributed by atoms with E-state index < -0.39 is 0 Å². The van der Waals surface area contributed by atoms with E-state index in [0.29, 0.717) is 5.91 Å². The molecule has 0 saturated carbocycles. The van der Waals surface area contributed by atoms with Crippen molar-refractivity contribution in [1.82, 2.24) is 19.8 Å². The van der Waals surface area contributed by atoms with Crippen LogP contribution in [0.3, 0.4) is 0 Å². The van der Waals surface area contributed by atoms with Crippen LogP contribution in [0.25, 0.3) is 11.3 Å². The predicted molar refractivity (Wildman–Crippen MR) is 102 cm³/mol. The molecule has 1 fully saturated rings. The summed E-state index contributed by atoms with van der Waals surface area (Å²) < 4.78 is 0. The fraction of sp³-hybridized carbons (Fsp3) is 0.476. The smallest absolute Gasteiger partial charge is 0.227 e. The van der Waals surface area contributed by atoms with E-state index in [2.05, 4.69) is 34.0 Å². The van der Waals surface area contributed by atoms with Crippen molar-refractivity contribution in [2.45, 2.75) is 25.7 Å². The van der Waals surface area contributed by atoms with Gasteiger partial charge in [-0.2, -0.15) is 0 Å². The molecule has 1 aromatic carbocycles. The Kier molecular flexibility index (Phi) is 4.98. The van der Waals surface area contributed by atoms with Crippen LogP contribution in [0.15, 0.2) is 36.7 Å². The SMILES string of the molecule is CN1CCc2ncnc(-c3ccccc3)c2C[C@H](C(=O)N2CCCC2)C1. The summed E-state index contributed by atoms with van der Waals surface area (Å²) in [7, 11) is 2.11. The quantitative estimate of drug-likeness (QED) is 0.835. The minimum atomic E-state index is -0.0226. The maximum atomic E-state index is 13.1. The average molecular weight is 350 g/mol. The molecular weight excluding hydrogens is 324 g/mol. The molecule has 1 amide bonds. The third-order valence-electron chi connectivity index (χ3n) is 5.56. The summed E-state index contributed by atoms with van der Waals surface area (Å²) in [4.78, 5) is 26.6. The molecule has 0 unspecified atom stereocenters. The molecule has 3 heterocycles. The normalized spacial score (nSPS) is 21.1. The van der Waals surface area contributed by atoms with Crippen LogP contribution in [-0.2, 0) is 17.6 Å². The lowest BCUT2D eigenvalue weighted by Gasteiger charge is -2.30. The number of benzene rings is 1. The van der Waals surface area contributed by atoms with Crippen LogP contribution < -0.4 is 0 Å². The molecule has 26 heavy (non-hydrogen) atoms. The van der Waals surface area contributed by atoms with Crippen LogP contribution in [0.2, 0.25) is 0 Å². The monoisotopic (exact) mass is 350 g/mol. The number of fused-ring (bicyclic) bond motifs is 1. The van der Waals surface area contributed by atoms with Crippen LogP contribution in [0.1, 0.15) is 24.1 Å². The zero-order chi connectivity index (χ0) is 17.9. The van der Waals surface area contributed by atoms with E-state index in [-0.39, 0.29) is 5.92 Å². The summed E-state index contributed by atoms with van der Waals surface area (Å²) in [6.07, 6.45) is 5.55. The molecule has 2 aliphatic heterocycles. The van der Waals surface area contributed by atoms with E-state index in [1.165, 1.54) is 0 Å². The molecule has 1 aromatic heterocycles. The first-order chi connectivity index (χ1) is 12.7. The van der Waals surface area contributed by atoms with Crippen molar-refractivity contribution in [1.29, 1.82) is 0 Å². The molecule has 0 radical (unpaired) electrons. The number of aromatic nitrogens is 2. The van der Waals surface area contributed by atoms with Crippen molar-refractivity contribution in [2.75, 3.05) is 33.2 Å². The lowest BCUT2D eigenvalue weighted by molar-refractivity contribution is -0.135. The van der Waals surface area contributed by atoms with E-state index in [1.807, 2.05) is 23.1 Å². The lowest BCUT2D eigenvalue weighted by Crippen LogP contribution is -2.42. The van der Waals surface area contributed by atoms with Crippen LogP contribution in [0, 0.1) is 5.92 Å². The third kappa shape index (κ3) is 3.49. The van der Waals surface area contributed by atoms with Gasteiger partial charge in [-0.1, -0.05) is 30.3 Å². The second-order valence-electron chi connectivity index (χ2n) is 7.46. The van der Waals surface area contributed by atoms with Crippen LogP contribution in [0.4, 0.5) is 0 Å². The van der Waals surface area contributed by atoms with E-state index >= 15 is 0 Å². The van der Waals surface area contributed by atoms with Gasteiger partial charge in [0.05, 0.1) is 11.6 Å². The van der Waals surface area contributed by atoms with Crippen molar-refractivity contribution in [3.8, 4) is 11.3 Å². The van der Waals surface area contributed by atoms with Gasteiger partial charge in [0.25, 0.3) is 0 Å². The Morgan fingerprint density at radius 1 is 1.08 bits per heavy atom. The van der Waals surface area contributed by atoms with Gasteiger partial charge in [0.2, 0.25) is 5.91 Å². The van der Waals surface area contributed by atoms with Crippen molar-refractivity contribution < 1.29 is 4.79 Å². The minimum Gasteiger partial charge on any atom is -0.342 e. The van der Waals surface area contributed by atoms with Crippen molar-refractivity contribution in [2.24, 2.45) is 5.92 Å². The Bertz CT molecular complexity index is 771. The number of nitrogens with zero attached hydrogens (tertiary/aromatic N) is 4. The first-order valence-electron chi connectivity index (χ1n) is 9.58. The molecular formula is C21H26N4O. The Balaban J connectivity index is 1.71. The second kappa shape index (κ2) is 7.54. The molecule has 0 aliphatic carbocycles. The number of amides is 1. The largest absolute Gasteiger partial charge is 0.342 e. The van der Waals surface area contributed by atoms with Gasteiger partial charge in [-0.15, -0.1) is 0 Å². The van der Waals surface area contributed by atoms with Crippen LogP contribution in [0.5, 0.6) is 0 Å². The van der Waals surface area contributed by atoms with Gasteiger partial charge in [-0.05, 0) is 26.3 Å². The fourth-order valence-corrected chi connectivity index (χ4v) is 4.16.